The molecule has 1 rings (SSSR count). The topological polar surface area (TPSA) is 142 Å². The molecule has 0 amide bonds. The van der Waals surface area contributed by atoms with E-state index in [0.29, 0.717) is 78.4 Å². The molecule has 0 spiro atoms. The molecule has 0 bridgehead atoms. The molecule has 0 saturated heterocycles. The number of hydrogen-bond donors (Lipinski definition) is 3. The SMILES string of the molecule is C=CC(=O)O.OCCOCCOCCOCCOCCOCCOC(CO)Oc1ccccc1. The number of hydrogen-bond acceptors (Lipinski definition) is 10. The van der Waals surface area contributed by atoms with Gasteiger partial charge >= 0.3 is 5.97 Å². The molecule has 11 nitrogen and oxygen atoms in total. The van der Waals surface area contributed by atoms with Crippen molar-refractivity contribution in [2.45, 2.75) is 6.29 Å². The maximum absolute atomic E-state index is 9.28. The Kier molecular flexibility index (Phi) is 24.0. The number of rotatable bonds is 22. The summed E-state index contributed by atoms with van der Waals surface area (Å²) in [4.78, 5) is 9.25. The molecule has 0 fully saturated rings. The summed E-state index contributed by atoms with van der Waals surface area (Å²) < 4.78 is 37.4. The zero-order valence-corrected chi connectivity index (χ0v) is 19.5. The lowest BCUT2D eigenvalue weighted by atomic mass is 10.3. The first-order valence-corrected chi connectivity index (χ1v) is 10.9. The molecular formula is C23H38O11. The van der Waals surface area contributed by atoms with Crippen LogP contribution in [0.15, 0.2) is 43.0 Å². The van der Waals surface area contributed by atoms with E-state index < -0.39 is 12.3 Å². The summed E-state index contributed by atoms with van der Waals surface area (Å²) in [5, 5.41) is 25.4. The van der Waals surface area contributed by atoms with Crippen LogP contribution in [0.3, 0.4) is 0 Å². The fourth-order valence-corrected chi connectivity index (χ4v) is 2.06. The van der Waals surface area contributed by atoms with Crippen LogP contribution in [0, 0.1) is 0 Å². The van der Waals surface area contributed by atoms with Crippen molar-refractivity contribution in [2.75, 3.05) is 85.9 Å². The third-order valence-electron chi connectivity index (χ3n) is 3.59. The predicted molar refractivity (Wildman–Crippen MR) is 123 cm³/mol. The summed E-state index contributed by atoms with van der Waals surface area (Å²) in [6.07, 6.45) is 0.117. The van der Waals surface area contributed by atoms with Crippen molar-refractivity contribution in [3.05, 3.63) is 43.0 Å². The Morgan fingerprint density at radius 2 is 1.18 bits per heavy atom. The zero-order chi connectivity index (χ0) is 25.1. The standard InChI is InChI=1S/C20H34O9.C3H4O2/c21-6-7-23-8-9-24-10-11-25-12-13-26-14-15-27-16-17-28-20(18-22)29-19-4-2-1-3-5-19;1-2-3(4)5/h1-5,20-22H,6-18H2;2H,1H2,(H,4,5). The highest BCUT2D eigenvalue weighted by Crippen LogP contribution is 2.11. The van der Waals surface area contributed by atoms with Crippen molar-refractivity contribution >= 4 is 5.97 Å². The van der Waals surface area contributed by atoms with Gasteiger partial charge in [0.05, 0.1) is 79.3 Å². The van der Waals surface area contributed by atoms with Crippen LogP contribution in [0.1, 0.15) is 0 Å². The molecule has 34 heavy (non-hydrogen) atoms. The molecule has 0 radical (unpaired) electrons. The number of carboxylic acid groups (broad SMARTS) is 1. The number of aliphatic carboxylic acids is 1. The number of aliphatic hydroxyl groups excluding tert-OH is 2. The van der Waals surface area contributed by atoms with Gasteiger partial charge in [-0.05, 0) is 12.1 Å². The maximum atomic E-state index is 9.28. The Morgan fingerprint density at radius 1 is 0.765 bits per heavy atom. The number of benzene rings is 1. The highest BCUT2D eigenvalue weighted by molar-refractivity contribution is 5.78. The molecule has 196 valence electrons. The summed E-state index contributed by atoms with van der Waals surface area (Å²) in [6, 6.07) is 9.19. The first kappa shape index (κ1) is 31.9. The molecule has 0 saturated carbocycles. The largest absolute Gasteiger partial charge is 0.478 e. The van der Waals surface area contributed by atoms with E-state index in [-0.39, 0.29) is 13.2 Å². The van der Waals surface area contributed by atoms with Gasteiger partial charge < -0.3 is 48.5 Å². The van der Waals surface area contributed by atoms with Crippen LogP contribution in [-0.2, 0) is 33.2 Å². The van der Waals surface area contributed by atoms with Gasteiger partial charge in [0, 0.05) is 6.08 Å². The van der Waals surface area contributed by atoms with Crippen molar-refractivity contribution in [1.29, 1.82) is 0 Å². The van der Waals surface area contributed by atoms with E-state index in [2.05, 4.69) is 6.58 Å². The van der Waals surface area contributed by atoms with Gasteiger partial charge in [-0.15, -0.1) is 0 Å². The molecule has 0 aliphatic carbocycles. The van der Waals surface area contributed by atoms with Crippen LogP contribution >= 0.6 is 0 Å². The summed E-state index contributed by atoms with van der Waals surface area (Å²) in [7, 11) is 0. The lowest BCUT2D eigenvalue weighted by Gasteiger charge is -2.17. The molecule has 0 aliphatic heterocycles. The number of carboxylic acids is 1. The molecule has 1 atom stereocenters. The van der Waals surface area contributed by atoms with Crippen LogP contribution < -0.4 is 4.74 Å². The fraction of sp³-hybridized carbons (Fsp3) is 0.609. The van der Waals surface area contributed by atoms with E-state index in [9.17, 15) is 9.90 Å². The fourth-order valence-electron chi connectivity index (χ4n) is 2.06. The smallest absolute Gasteiger partial charge is 0.327 e. The van der Waals surface area contributed by atoms with E-state index in [0.717, 1.165) is 6.08 Å². The lowest BCUT2D eigenvalue weighted by molar-refractivity contribution is -0.131. The summed E-state index contributed by atoms with van der Waals surface area (Å²) in [6.45, 7) is 7.60. The Hall–Kier alpha value is -2.09. The van der Waals surface area contributed by atoms with Crippen molar-refractivity contribution in [1.82, 2.24) is 0 Å². The second kappa shape index (κ2) is 25.5. The highest BCUT2D eigenvalue weighted by Gasteiger charge is 2.08. The maximum Gasteiger partial charge on any atom is 0.327 e. The summed E-state index contributed by atoms with van der Waals surface area (Å²) in [5.74, 6) is -0.341. The first-order valence-electron chi connectivity index (χ1n) is 10.9. The average molecular weight is 491 g/mol. The van der Waals surface area contributed by atoms with Crippen LogP contribution in [0.4, 0.5) is 0 Å². The Morgan fingerprint density at radius 3 is 1.56 bits per heavy atom. The highest BCUT2D eigenvalue weighted by atomic mass is 16.7. The van der Waals surface area contributed by atoms with Crippen LogP contribution in [0.5, 0.6) is 5.75 Å². The average Bonchev–Trinajstić information content (AvgIpc) is 2.86. The van der Waals surface area contributed by atoms with E-state index in [4.69, 9.17) is 43.4 Å². The Bertz CT molecular complexity index is 571. The van der Waals surface area contributed by atoms with Crippen LogP contribution in [0.2, 0.25) is 0 Å². The Balaban J connectivity index is 0.00000196. The third kappa shape index (κ3) is 23.1. The van der Waals surface area contributed by atoms with E-state index in [1.807, 2.05) is 18.2 Å². The van der Waals surface area contributed by atoms with E-state index in [1.165, 1.54) is 0 Å². The molecule has 1 aromatic rings. The lowest BCUT2D eigenvalue weighted by Crippen LogP contribution is -2.26. The van der Waals surface area contributed by atoms with Gasteiger partial charge in [-0.1, -0.05) is 24.8 Å². The van der Waals surface area contributed by atoms with Gasteiger partial charge in [-0.2, -0.15) is 0 Å². The van der Waals surface area contributed by atoms with E-state index in [1.54, 1.807) is 12.1 Å². The minimum absolute atomic E-state index is 0.0236. The molecule has 1 aromatic carbocycles. The number of aliphatic hydroxyl groups is 2. The van der Waals surface area contributed by atoms with Gasteiger partial charge in [0.2, 0.25) is 6.29 Å². The second-order valence-electron chi connectivity index (χ2n) is 6.24. The van der Waals surface area contributed by atoms with Crippen LogP contribution in [0.25, 0.3) is 0 Å². The molecule has 0 aliphatic rings. The minimum Gasteiger partial charge on any atom is -0.478 e. The van der Waals surface area contributed by atoms with Gasteiger partial charge in [0.1, 0.15) is 12.4 Å². The monoisotopic (exact) mass is 490 g/mol. The van der Waals surface area contributed by atoms with Crippen molar-refractivity contribution in [3.63, 3.8) is 0 Å². The van der Waals surface area contributed by atoms with Crippen molar-refractivity contribution in [2.24, 2.45) is 0 Å². The molecule has 3 N–H and O–H groups in total. The van der Waals surface area contributed by atoms with Crippen LogP contribution in [-0.4, -0.2) is 113 Å². The number of ether oxygens (including phenoxy) is 7. The molecule has 0 aromatic heterocycles. The summed E-state index contributed by atoms with van der Waals surface area (Å²) in [5.41, 5.74) is 0. The minimum atomic E-state index is -0.981. The second-order valence-corrected chi connectivity index (χ2v) is 6.24. The quantitative estimate of drug-likeness (QED) is 0.120. The normalized spacial score (nSPS) is 11.4. The van der Waals surface area contributed by atoms with Crippen molar-refractivity contribution < 1.29 is 53.3 Å². The molecule has 1 unspecified atom stereocenters. The number of para-hydroxylation sites is 1. The van der Waals surface area contributed by atoms with Gasteiger partial charge in [0.15, 0.2) is 0 Å². The number of carbonyl (C=O) groups is 1. The first-order chi connectivity index (χ1) is 16.6. The zero-order valence-electron chi connectivity index (χ0n) is 19.5. The van der Waals surface area contributed by atoms with Gasteiger partial charge in [0.25, 0.3) is 0 Å². The predicted octanol–water partition coefficient (Wildman–Crippen LogP) is 0.733. The van der Waals surface area contributed by atoms with E-state index >= 15 is 0 Å². The molecule has 0 heterocycles. The Labute approximate surface area is 200 Å². The van der Waals surface area contributed by atoms with Crippen molar-refractivity contribution in [3.8, 4) is 5.75 Å². The van der Waals surface area contributed by atoms with Gasteiger partial charge in [-0.25, -0.2) is 4.79 Å². The summed E-state index contributed by atoms with van der Waals surface area (Å²) >= 11 is 0. The molecule has 11 heteroatoms. The van der Waals surface area contributed by atoms with Gasteiger partial charge in [-0.3, -0.25) is 0 Å². The third-order valence-corrected chi connectivity index (χ3v) is 3.59. The molecular weight excluding hydrogens is 452 g/mol.